The number of unbranched alkanes of at least 4 members (excludes halogenated alkanes) is 1. The molecule has 5 nitrogen and oxygen atoms in total. The molecular formula is C12H23NO4. The highest BCUT2D eigenvalue weighted by Gasteiger charge is 2.08. The first-order valence-electron chi connectivity index (χ1n) is 6.08. The van der Waals surface area contributed by atoms with E-state index in [9.17, 15) is 14.7 Å². The standard InChI is InChI=1S/C12H23NO4/c1-9(2)7-10(14)8-13-11(15)5-3-4-6-12(16)17/h9-10,14H,3-8H2,1-2H3,(H,13,15)(H,16,17). The maximum atomic E-state index is 11.3. The summed E-state index contributed by atoms with van der Waals surface area (Å²) in [5.41, 5.74) is 0. The number of carboxylic acid groups (broad SMARTS) is 1. The van der Waals surface area contributed by atoms with E-state index in [0.717, 1.165) is 0 Å². The first-order chi connectivity index (χ1) is 7.91. The van der Waals surface area contributed by atoms with Crippen LogP contribution in [-0.2, 0) is 9.59 Å². The van der Waals surface area contributed by atoms with Crippen molar-refractivity contribution < 1.29 is 19.8 Å². The Labute approximate surface area is 102 Å². The lowest BCUT2D eigenvalue weighted by Gasteiger charge is -2.13. The van der Waals surface area contributed by atoms with Gasteiger partial charge in [0.15, 0.2) is 0 Å². The van der Waals surface area contributed by atoms with Crippen molar-refractivity contribution in [2.45, 2.75) is 52.1 Å². The van der Waals surface area contributed by atoms with E-state index in [1.807, 2.05) is 13.8 Å². The molecule has 0 aromatic rings. The Morgan fingerprint density at radius 1 is 1.18 bits per heavy atom. The van der Waals surface area contributed by atoms with Crippen LogP contribution in [-0.4, -0.2) is 34.7 Å². The number of aliphatic hydroxyl groups excluding tert-OH is 1. The SMILES string of the molecule is CC(C)CC(O)CNC(=O)CCCCC(=O)O. The minimum absolute atomic E-state index is 0.100. The van der Waals surface area contributed by atoms with E-state index in [-0.39, 0.29) is 18.9 Å². The van der Waals surface area contributed by atoms with Gasteiger partial charge < -0.3 is 15.5 Å². The third kappa shape index (κ3) is 11.2. The Bertz CT molecular complexity index is 241. The number of hydrogen-bond acceptors (Lipinski definition) is 3. The number of aliphatic carboxylic acids is 1. The summed E-state index contributed by atoms with van der Waals surface area (Å²) in [5, 5.41) is 20.6. The zero-order valence-electron chi connectivity index (χ0n) is 10.6. The van der Waals surface area contributed by atoms with Gasteiger partial charge in [-0.25, -0.2) is 0 Å². The van der Waals surface area contributed by atoms with Crippen LogP contribution in [0.15, 0.2) is 0 Å². The predicted molar refractivity (Wildman–Crippen MR) is 64.6 cm³/mol. The van der Waals surface area contributed by atoms with Gasteiger partial charge in [0.2, 0.25) is 5.91 Å². The lowest BCUT2D eigenvalue weighted by atomic mass is 10.1. The number of amides is 1. The van der Waals surface area contributed by atoms with Gasteiger partial charge in [-0.15, -0.1) is 0 Å². The summed E-state index contributed by atoms with van der Waals surface area (Å²) in [6.07, 6.45) is 1.66. The van der Waals surface area contributed by atoms with Gasteiger partial charge >= 0.3 is 5.97 Å². The molecule has 0 rings (SSSR count). The Balaban J connectivity index is 3.49. The van der Waals surface area contributed by atoms with Crippen LogP contribution in [0.4, 0.5) is 0 Å². The fourth-order valence-electron chi connectivity index (χ4n) is 1.51. The van der Waals surface area contributed by atoms with Crippen LogP contribution < -0.4 is 5.32 Å². The molecule has 0 saturated carbocycles. The predicted octanol–water partition coefficient (Wildman–Crippen LogP) is 1.15. The molecule has 0 bridgehead atoms. The first-order valence-corrected chi connectivity index (χ1v) is 6.08. The normalized spacial score (nSPS) is 12.5. The molecule has 1 unspecified atom stereocenters. The summed E-state index contributed by atoms with van der Waals surface area (Å²) in [5.74, 6) is -0.562. The van der Waals surface area contributed by atoms with Crippen LogP contribution >= 0.6 is 0 Å². The molecule has 3 N–H and O–H groups in total. The van der Waals surface area contributed by atoms with Gasteiger partial charge in [0.25, 0.3) is 0 Å². The zero-order chi connectivity index (χ0) is 13.3. The van der Waals surface area contributed by atoms with Crippen LogP contribution in [0.3, 0.4) is 0 Å². The number of aliphatic hydroxyl groups is 1. The Morgan fingerprint density at radius 3 is 2.29 bits per heavy atom. The largest absolute Gasteiger partial charge is 0.481 e. The van der Waals surface area contributed by atoms with Gasteiger partial charge in [0.1, 0.15) is 0 Å². The van der Waals surface area contributed by atoms with Gasteiger partial charge in [0, 0.05) is 19.4 Å². The number of hydrogen-bond donors (Lipinski definition) is 3. The second-order valence-electron chi connectivity index (χ2n) is 4.69. The summed E-state index contributed by atoms with van der Waals surface area (Å²) in [6.45, 7) is 4.30. The second-order valence-corrected chi connectivity index (χ2v) is 4.69. The minimum Gasteiger partial charge on any atom is -0.481 e. The number of carbonyl (C=O) groups is 2. The highest BCUT2D eigenvalue weighted by atomic mass is 16.4. The molecule has 0 aliphatic carbocycles. The summed E-state index contributed by atoms with van der Waals surface area (Å²) in [6, 6.07) is 0. The van der Waals surface area contributed by atoms with Crippen LogP contribution in [0, 0.1) is 5.92 Å². The third-order valence-corrected chi connectivity index (χ3v) is 2.32. The van der Waals surface area contributed by atoms with E-state index in [1.165, 1.54) is 0 Å². The second kappa shape index (κ2) is 8.98. The van der Waals surface area contributed by atoms with E-state index < -0.39 is 12.1 Å². The molecule has 0 spiro atoms. The monoisotopic (exact) mass is 245 g/mol. The molecule has 0 radical (unpaired) electrons. The number of carbonyl (C=O) groups excluding carboxylic acids is 1. The Morgan fingerprint density at radius 2 is 1.76 bits per heavy atom. The van der Waals surface area contributed by atoms with Crippen molar-refractivity contribution in [1.29, 1.82) is 0 Å². The summed E-state index contributed by atoms with van der Waals surface area (Å²) < 4.78 is 0. The van der Waals surface area contributed by atoms with Crippen LogP contribution in [0.5, 0.6) is 0 Å². The Hall–Kier alpha value is -1.10. The number of rotatable bonds is 9. The average Bonchev–Trinajstić information content (AvgIpc) is 2.20. The lowest BCUT2D eigenvalue weighted by Crippen LogP contribution is -2.32. The van der Waals surface area contributed by atoms with Gasteiger partial charge in [-0.1, -0.05) is 13.8 Å². The van der Waals surface area contributed by atoms with Crippen molar-refractivity contribution in [3.05, 3.63) is 0 Å². The molecule has 100 valence electrons. The molecule has 0 aromatic carbocycles. The quantitative estimate of drug-likeness (QED) is 0.532. The number of carboxylic acids is 1. The molecule has 17 heavy (non-hydrogen) atoms. The highest BCUT2D eigenvalue weighted by Crippen LogP contribution is 2.04. The third-order valence-electron chi connectivity index (χ3n) is 2.32. The van der Waals surface area contributed by atoms with E-state index in [2.05, 4.69) is 5.32 Å². The van der Waals surface area contributed by atoms with E-state index in [4.69, 9.17) is 5.11 Å². The first kappa shape index (κ1) is 15.9. The van der Waals surface area contributed by atoms with Crippen molar-refractivity contribution in [3.63, 3.8) is 0 Å². The molecule has 0 aliphatic heterocycles. The van der Waals surface area contributed by atoms with E-state index >= 15 is 0 Å². The molecule has 0 fully saturated rings. The maximum Gasteiger partial charge on any atom is 0.303 e. The summed E-state index contributed by atoms with van der Waals surface area (Å²) in [4.78, 5) is 21.5. The van der Waals surface area contributed by atoms with Gasteiger partial charge in [-0.05, 0) is 25.2 Å². The minimum atomic E-state index is -0.835. The van der Waals surface area contributed by atoms with Gasteiger partial charge in [-0.3, -0.25) is 9.59 Å². The molecule has 0 aliphatic rings. The van der Waals surface area contributed by atoms with Crippen molar-refractivity contribution in [2.75, 3.05) is 6.54 Å². The smallest absolute Gasteiger partial charge is 0.303 e. The van der Waals surface area contributed by atoms with Crippen molar-refractivity contribution in [2.24, 2.45) is 5.92 Å². The molecule has 5 heteroatoms. The van der Waals surface area contributed by atoms with Crippen molar-refractivity contribution in [3.8, 4) is 0 Å². The van der Waals surface area contributed by atoms with Gasteiger partial charge in [-0.2, -0.15) is 0 Å². The molecular weight excluding hydrogens is 222 g/mol. The fraction of sp³-hybridized carbons (Fsp3) is 0.833. The average molecular weight is 245 g/mol. The van der Waals surface area contributed by atoms with E-state index in [0.29, 0.717) is 31.6 Å². The van der Waals surface area contributed by atoms with Gasteiger partial charge in [0.05, 0.1) is 6.10 Å². The van der Waals surface area contributed by atoms with Crippen LogP contribution in [0.2, 0.25) is 0 Å². The fourth-order valence-corrected chi connectivity index (χ4v) is 1.51. The van der Waals surface area contributed by atoms with Crippen molar-refractivity contribution >= 4 is 11.9 Å². The zero-order valence-corrected chi connectivity index (χ0v) is 10.6. The maximum absolute atomic E-state index is 11.3. The van der Waals surface area contributed by atoms with Crippen LogP contribution in [0.1, 0.15) is 46.0 Å². The van der Waals surface area contributed by atoms with Crippen LogP contribution in [0.25, 0.3) is 0 Å². The molecule has 1 amide bonds. The molecule has 1 atom stereocenters. The molecule has 0 saturated heterocycles. The summed E-state index contributed by atoms with van der Waals surface area (Å²) in [7, 11) is 0. The molecule has 0 heterocycles. The topological polar surface area (TPSA) is 86.6 Å². The lowest BCUT2D eigenvalue weighted by molar-refractivity contribution is -0.137. The van der Waals surface area contributed by atoms with E-state index in [1.54, 1.807) is 0 Å². The highest BCUT2D eigenvalue weighted by molar-refractivity contribution is 5.75. The number of nitrogens with one attached hydrogen (secondary N) is 1. The summed E-state index contributed by atoms with van der Waals surface area (Å²) >= 11 is 0. The van der Waals surface area contributed by atoms with Crippen molar-refractivity contribution in [1.82, 2.24) is 5.32 Å². The molecule has 0 aromatic heterocycles. The Kier molecular flexibility index (Phi) is 8.40.